The van der Waals surface area contributed by atoms with E-state index in [1.165, 1.54) is 25.3 Å². The quantitative estimate of drug-likeness (QED) is 0.517. The van der Waals surface area contributed by atoms with Crippen molar-refractivity contribution in [2.45, 2.75) is 19.5 Å². The lowest BCUT2D eigenvalue weighted by molar-refractivity contribution is -0.130. The van der Waals surface area contributed by atoms with E-state index in [1.54, 1.807) is 35.2 Å². The van der Waals surface area contributed by atoms with E-state index < -0.39 is 12.6 Å². The highest BCUT2D eigenvalue weighted by Gasteiger charge is 2.26. The summed E-state index contributed by atoms with van der Waals surface area (Å²) in [5.41, 5.74) is 1.78. The van der Waals surface area contributed by atoms with Gasteiger partial charge in [0, 0.05) is 24.2 Å². The van der Waals surface area contributed by atoms with Gasteiger partial charge in [0.15, 0.2) is 17.2 Å². The Morgan fingerprint density at radius 1 is 1.13 bits per heavy atom. The maximum Gasteiger partial charge on any atom is 0.387 e. The number of benzene rings is 2. The molecule has 0 aliphatic carbocycles. The Hall–Kier alpha value is -3.75. The normalized spacial score (nSPS) is 17.4. The van der Waals surface area contributed by atoms with E-state index >= 15 is 0 Å². The van der Waals surface area contributed by atoms with Crippen molar-refractivity contribution in [1.82, 2.24) is 0 Å². The Bertz CT molecular complexity index is 1080. The van der Waals surface area contributed by atoms with E-state index in [-0.39, 0.29) is 29.0 Å². The van der Waals surface area contributed by atoms with Crippen molar-refractivity contribution in [1.29, 1.82) is 0 Å². The maximum absolute atomic E-state index is 12.6. The van der Waals surface area contributed by atoms with Crippen molar-refractivity contribution in [3.05, 3.63) is 59.3 Å². The van der Waals surface area contributed by atoms with Gasteiger partial charge in [0.1, 0.15) is 0 Å². The monoisotopic (exact) mass is 428 g/mol. The summed E-state index contributed by atoms with van der Waals surface area (Å²) in [7, 11) is 1.33. The molecule has 0 spiro atoms. The van der Waals surface area contributed by atoms with Crippen molar-refractivity contribution in [2.24, 2.45) is 4.99 Å². The molecule has 160 valence electrons. The molecule has 0 saturated carbocycles. The number of anilines is 1. The molecular weight excluding hydrogens is 410 g/mol. The molecule has 0 unspecified atom stereocenters. The van der Waals surface area contributed by atoms with E-state index in [4.69, 9.17) is 9.47 Å². The standard InChI is InChI=1S/C22H18F2N2O5/c1-29-17-9-4-13(12-18(17)30-22(23)24)11-16-21(28)31-20(25-16)14-5-7-15(8-6-14)26-10-2-3-19(26)27/h4-9,11-12,22H,2-3,10H2,1H3/b16-11-. The molecule has 0 aromatic heterocycles. The van der Waals surface area contributed by atoms with Crippen LogP contribution in [0.2, 0.25) is 0 Å². The van der Waals surface area contributed by atoms with Crippen LogP contribution in [0.3, 0.4) is 0 Å². The second-order valence-corrected chi connectivity index (χ2v) is 6.82. The molecule has 2 heterocycles. The van der Waals surface area contributed by atoms with Gasteiger partial charge in [0.25, 0.3) is 0 Å². The Morgan fingerprint density at radius 2 is 1.90 bits per heavy atom. The molecule has 2 aliphatic heterocycles. The first-order valence-electron chi connectivity index (χ1n) is 9.51. The van der Waals surface area contributed by atoms with E-state index in [9.17, 15) is 18.4 Å². The number of carbonyl (C=O) groups excluding carboxylic acids is 2. The average molecular weight is 428 g/mol. The number of ether oxygens (including phenoxy) is 3. The molecular formula is C22H18F2N2O5. The molecule has 1 fully saturated rings. The maximum atomic E-state index is 12.6. The van der Waals surface area contributed by atoms with E-state index in [0.29, 0.717) is 24.1 Å². The lowest BCUT2D eigenvalue weighted by atomic mass is 10.1. The fraction of sp³-hybridized carbons (Fsp3) is 0.227. The minimum Gasteiger partial charge on any atom is -0.493 e. The number of hydrogen-bond acceptors (Lipinski definition) is 6. The van der Waals surface area contributed by atoms with Crippen molar-refractivity contribution in [3.8, 4) is 11.5 Å². The summed E-state index contributed by atoms with van der Waals surface area (Å²) in [4.78, 5) is 30.0. The zero-order valence-corrected chi connectivity index (χ0v) is 16.5. The molecule has 31 heavy (non-hydrogen) atoms. The molecule has 2 aliphatic rings. The van der Waals surface area contributed by atoms with Crippen molar-refractivity contribution < 1.29 is 32.6 Å². The second-order valence-electron chi connectivity index (χ2n) is 6.82. The Balaban J connectivity index is 1.57. The molecule has 4 rings (SSSR count). The van der Waals surface area contributed by atoms with Gasteiger partial charge in [-0.2, -0.15) is 8.78 Å². The summed E-state index contributed by atoms with van der Waals surface area (Å²) >= 11 is 0. The van der Waals surface area contributed by atoms with Crippen LogP contribution in [0, 0.1) is 0 Å². The van der Waals surface area contributed by atoms with Crippen LogP contribution in [-0.4, -0.2) is 38.0 Å². The molecule has 0 radical (unpaired) electrons. The van der Waals surface area contributed by atoms with E-state index in [2.05, 4.69) is 9.73 Å². The molecule has 2 aromatic carbocycles. The molecule has 2 aromatic rings. The largest absolute Gasteiger partial charge is 0.493 e. The van der Waals surface area contributed by atoms with Gasteiger partial charge in [-0.25, -0.2) is 9.79 Å². The van der Waals surface area contributed by atoms with Gasteiger partial charge < -0.3 is 19.1 Å². The minimum atomic E-state index is -3.02. The first-order chi connectivity index (χ1) is 14.9. The molecule has 0 N–H and O–H groups in total. The predicted molar refractivity (Wildman–Crippen MR) is 108 cm³/mol. The van der Waals surface area contributed by atoms with Crippen LogP contribution in [0.25, 0.3) is 6.08 Å². The number of rotatable bonds is 6. The van der Waals surface area contributed by atoms with E-state index in [1.807, 2.05) is 0 Å². The third-order valence-electron chi connectivity index (χ3n) is 4.83. The molecule has 7 nitrogen and oxygen atoms in total. The second kappa shape index (κ2) is 8.55. The van der Waals surface area contributed by atoms with Crippen LogP contribution in [0.5, 0.6) is 11.5 Å². The highest BCUT2D eigenvalue weighted by atomic mass is 19.3. The SMILES string of the molecule is COc1ccc(/C=C2\N=C(c3ccc(N4CCCC4=O)cc3)OC2=O)cc1OC(F)F. The molecule has 1 amide bonds. The lowest BCUT2D eigenvalue weighted by Gasteiger charge is -2.15. The Morgan fingerprint density at radius 3 is 2.55 bits per heavy atom. The summed E-state index contributed by atoms with van der Waals surface area (Å²) in [5, 5.41) is 0. The number of methoxy groups -OCH3 is 1. The topological polar surface area (TPSA) is 77.4 Å². The van der Waals surface area contributed by atoms with Gasteiger partial charge in [0.05, 0.1) is 7.11 Å². The highest BCUT2D eigenvalue weighted by molar-refractivity contribution is 6.13. The molecule has 0 atom stereocenters. The van der Waals surface area contributed by atoms with E-state index in [0.717, 1.165) is 12.1 Å². The van der Waals surface area contributed by atoms with Crippen molar-refractivity contribution in [2.75, 3.05) is 18.6 Å². The van der Waals surface area contributed by atoms with Crippen LogP contribution in [0.15, 0.2) is 53.2 Å². The Kier molecular flexibility index (Phi) is 5.66. The van der Waals surface area contributed by atoms with Crippen LogP contribution in [-0.2, 0) is 14.3 Å². The Labute approximate surface area is 176 Å². The summed E-state index contributed by atoms with van der Waals surface area (Å²) in [5.74, 6) is -0.488. The average Bonchev–Trinajstić information content (AvgIpc) is 3.33. The number of nitrogens with zero attached hydrogens (tertiary/aromatic N) is 2. The summed E-state index contributed by atoms with van der Waals surface area (Å²) < 4.78 is 39.9. The van der Waals surface area contributed by atoms with Gasteiger partial charge in [-0.1, -0.05) is 6.07 Å². The fourth-order valence-electron chi connectivity index (χ4n) is 3.37. The molecule has 9 heteroatoms. The van der Waals surface area contributed by atoms with Crippen molar-refractivity contribution >= 4 is 29.5 Å². The lowest BCUT2D eigenvalue weighted by Crippen LogP contribution is -2.23. The number of cyclic esters (lactones) is 1. The smallest absolute Gasteiger partial charge is 0.387 e. The first kappa shape index (κ1) is 20.5. The van der Waals surface area contributed by atoms with Gasteiger partial charge in [0.2, 0.25) is 11.8 Å². The number of alkyl halides is 2. The van der Waals surface area contributed by atoms with Gasteiger partial charge in [-0.3, -0.25) is 4.79 Å². The van der Waals surface area contributed by atoms with Crippen molar-refractivity contribution in [3.63, 3.8) is 0 Å². The van der Waals surface area contributed by atoms with Gasteiger partial charge >= 0.3 is 12.6 Å². The zero-order valence-electron chi connectivity index (χ0n) is 16.5. The van der Waals surface area contributed by atoms with Gasteiger partial charge in [-0.05, 0) is 54.5 Å². The third-order valence-corrected chi connectivity index (χ3v) is 4.83. The predicted octanol–water partition coefficient (Wildman–Crippen LogP) is 3.77. The molecule has 0 bridgehead atoms. The van der Waals surface area contributed by atoms with Crippen LogP contribution < -0.4 is 14.4 Å². The number of esters is 1. The fourth-order valence-corrected chi connectivity index (χ4v) is 3.37. The first-order valence-corrected chi connectivity index (χ1v) is 9.51. The van der Waals surface area contributed by atoms with Crippen LogP contribution >= 0.6 is 0 Å². The number of aliphatic imine (C=N–C) groups is 1. The number of hydrogen-bond donors (Lipinski definition) is 0. The van der Waals surface area contributed by atoms with Crippen LogP contribution in [0.1, 0.15) is 24.0 Å². The minimum absolute atomic E-state index is 0.0157. The number of amides is 1. The number of carbonyl (C=O) groups is 2. The van der Waals surface area contributed by atoms with Crippen LogP contribution in [0.4, 0.5) is 14.5 Å². The summed E-state index contributed by atoms with van der Waals surface area (Å²) in [6.07, 6.45) is 2.77. The third kappa shape index (κ3) is 4.40. The summed E-state index contributed by atoms with van der Waals surface area (Å²) in [6, 6.07) is 11.3. The van der Waals surface area contributed by atoms with Gasteiger partial charge in [-0.15, -0.1) is 0 Å². The zero-order chi connectivity index (χ0) is 22.0. The molecule has 1 saturated heterocycles. The number of halogens is 2. The highest BCUT2D eigenvalue weighted by Crippen LogP contribution is 2.31. The summed E-state index contributed by atoms with van der Waals surface area (Å²) in [6.45, 7) is -2.34.